The van der Waals surface area contributed by atoms with Crippen LogP contribution in [0.15, 0.2) is 18.2 Å². The first kappa shape index (κ1) is 30.3. The van der Waals surface area contributed by atoms with Gasteiger partial charge in [-0.05, 0) is 112 Å². The lowest BCUT2D eigenvalue weighted by atomic mass is 9.97. The number of aromatic amines is 1. The zero-order valence-corrected chi connectivity index (χ0v) is 28.2. The van der Waals surface area contributed by atoms with Gasteiger partial charge in [0.25, 0.3) is 0 Å². The van der Waals surface area contributed by atoms with Crippen LogP contribution in [0, 0.1) is 55.4 Å². The van der Waals surface area contributed by atoms with Crippen molar-refractivity contribution in [3.63, 3.8) is 0 Å². The topological polar surface area (TPSA) is 47.1 Å². The fourth-order valence-electron chi connectivity index (χ4n) is 4.48. The molecule has 0 radical (unpaired) electrons. The molecule has 1 heterocycles. The van der Waals surface area contributed by atoms with E-state index in [0.29, 0.717) is 23.3 Å². The van der Waals surface area contributed by atoms with Crippen LogP contribution in [0.4, 0.5) is 0 Å². The molecule has 4 rings (SSSR count). The van der Waals surface area contributed by atoms with E-state index in [4.69, 9.17) is 37.7 Å². The van der Waals surface area contributed by atoms with Crippen molar-refractivity contribution in [2.75, 3.05) is 0 Å². The Labute approximate surface area is 253 Å². The summed E-state index contributed by atoms with van der Waals surface area (Å²) in [7, 11) is 0. The summed E-state index contributed by atoms with van der Waals surface area (Å²) in [6, 6.07) is 5.43. The van der Waals surface area contributed by atoms with Crippen molar-refractivity contribution in [3.05, 3.63) is 84.1 Å². The number of aryl methyl sites for hydroxylation is 2. The van der Waals surface area contributed by atoms with E-state index in [1.807, 2.05) is 12.1 Å². The highest BCUT2D eigenvalue weighted by molar-refractivity contribution is 15.0. The van der Waals surface area contributed by atoms with Gasteiger partial charge >= 0.3 is 0 Å². The number of halogens is 4. The maximum Gasteiger partial charge on any atom is 0.165 e. The number of rotatable bonds is 6. The smallest absolute Gasteiger partial charge is 0.165 e. The Morgan fingerprint density at radius 3 is 1.78 bits per heavy atom. The van der Waals surface area contributed by atoms with Gasteiger partial charge in [-0.2, -0.15) is 0 Å². The van der Waals surface area contributed by atoms with E-state index >= 15 is 0 Å². The zero-order chi connectivity index (χ0) is 27.6. The van der Waals surface area contributed by atoms with Crippen LogP contribution in [0.1, 0.15) is 55.9 Å². The molecule has 3 aromatic carbocycles. The number of ether oxygens (including phenoxy) is 2. The maximum atomic E-state index is 6.41. The van der Waals surface area contributed by atoms with Crippen molar-refractivity contribution in [1.29, 1.82) is 0 Å². The van der Waals surface area contributed by atoms with E-state index in [0.717, 1.165) is 45.0 Å². The van der Waals surface area contributed by atoms with Crippen LogP contribution < -0.4 is 9.47 Å². The summed E-state index contributed by atoms with van der Waals surface area (Å²) in [5.74, 6) is 2.25. The SMILES string of the molecule is Cc1c(C)c(C)c(OCc2ccc(Cl)cc2Cl)c(OCc2nc3c(C)c(C)c(C)c(C)c3[nH]2)c1C.II. The molecular weight excluding hydrogens is 733 g/mol. The standard InChI is InChI=1S/C29H32Cl2N2O2.I2/c1-14-15(2)19(6)27-26(18(14)5)32-25(33-27)13-35-29-21(8)17(4)16(3)20(7)28(29)34-12-22-9-10-23(30)11-24(22)31;1-2/h9-11H,12-13H2,1-8H3,(H,32,33);. The third-order valence-electron chi connectivity index (χ3n) is 7.49. The second-order valence-corrected chi connectivity index (χ2v) is 10.2. The Balaban J connectivity index is 0.00000186. The first-order valence-corrected chi connectivity index (χ1v) is 18.9. The normalized spacial score (nSPS) is 10.9. The van der Waals surface area contributed by atoms with E-state index in [1.165, 1.54) is 33.4 Å². The van der Waals surface area contributed by atoms with Crippen molar-refractivity contribution in [1.82, 2.24) is 9.97 Å². The fourth-order valence-corrected chi connectivity index (χ4v) is 4.94. The van der Waals surface area contributed by atoms with Gasteiger partial charge < -0.3 is 14.5 Å². The van der Waals surface area contributed by atoms with Crippen LogP contribution in [0.5, 0.6) is 11.5 Å². The molecule has 1 N–H and O–H groups in total. The molecular formula is C29H32Cl2I2N2O2. The van der Waals surface area contributed by atoms with Gasteiger partial charge in [0.2, 0.25) is 0 Å². The predicted molar refractivity (Wildman–Crippen MR) is 174 cm³/mol. The lowest BCUT2D eigenvalue weighted by molar-refractivity contribution is 0.249. The molecule has 4 aromatic rings. The highest BCUT2D eigenvalue weighted by Gasteiger charge is 2.20. The van der Waals surface area contributed by atoms with Crippen molar-refractivity contribution in [2.45, 2.75) is 68.6 Å². The van der Waals surface area contributed by atoms with Crippen molar-refractivity contribution in [3.8, 4) is 11.5 Å². The largest absolute Gasteiger partial charge is 0.485 e. The number of nitrogens with zero attached hydrogens (tertiary/aromatic N) is 1. The van der Waals surface area contributed by atoms with Gasteiger partial charge in [-0.3, -0.25) is 0 Å². The first-order chi connectivity index (χ1) is 17.5. The Morgan fingerprint density at radius 1 is 0.703 bits per heavy atom. The summed E-state index contributed by atoms with van der Waals surface area (Å²) >= 11 is 16.7. The van der Waals surface area contributed by atoms with Gasteiger partial charge in [-0.1, -0.05) is 29.3 Å². The molecule has 0 aliphatic carbocycles. The molecule has 0 atom stereocenters. The highest BCUT2D eigenvalue weighted by Crippen LogP contribution is 2.40. The van der Waals surface area contributed by atoms with E-state index in [1.54, 1.807) is 6.07 Å². The molecule has 37 heavy (non-hydrogen) atoms. The first-order valence-electron chi connectivity index (χ1n) is 11.9. The molecule has 8 heteroatoms. The molecule has 0 fully saturated rings. The lowest BCUT2D eigenvalue weighted by Crippen LogP contribution is -2.07. The molecule has 0 aliphatic heterocycles. The molecule has 1 aromatic heterocycles. The summed E-state index contributed by atoms with van der Waals surface area (Å²) in [6.07, 6.45) is 0. The zero-order valence-electron chi connectivity index (χ0n) is 22.4. The Kier molecular flexibility index (Phi) is 10.4. The predicted octanol–water partition coefficient (Wildman–Crippen LogP) is 10.3. The van der Waals surface area contributed by atoms with E-state index in [-0.39, 0.29) is 0 Å². The minimum Gasteiger partial charge on any atom is -0.485 e. The van der Waals surface area contributed by atoms with E-state index in [2.05, 4.69) is 97.6 Å². The minimum atomic E-state index is 0.312. The molecule has 0 amide bonds. The minimum absolute atomic E-state index is 0.312. The van der Waals surface area contributed by atoms with Gasteiger partial charge in [0, 0.05) is 52.8 Å². The maximum absolute atomic E-state index is 6.41. The Bertz CT molecular complexity index is 1420. The number of nitrogens with one attached hydrogen (secondary N) is 1. The van der Waals surface area contributed by atoms with Crippen molar-refractivity contribution in [2.24, 2.45) is 0 Å². The number of aromatic nitrogens is 2. The molecule has 0 saturated heterocycles. The molecule has 0 saturated carbocycles. The van der Waals surface area contributed by atoms with Gasteiger partial charge in [0.1, 0.15) is 19.0 Å². The molecule has 4 nitrogen and oxygen atoms in total. The molecule has 0 unspecified atom stereocenters. The van der Waals surface area contributed by atoms with Crippen LogP contribution in [0.2, 0.25) is 10.0 Å². The van der Waals surface area contributed by atoms with Gasteiger partial charge in [-0.15, -0.1) is 0 Å². The lowest BCUT2D eigenvalue weighted by Gasteiger charge is -2.21. The average Bonchev–Trinajstić information content (AvgIpc) is 3.32. The monoisotopic (exact) mass is 764 g/mol. The number of benzene rings is 3. The number of fused-ring (bicyclic) bond motifs is 1. The van der Waals surface area contributed by atoms with Crippen LogP contribution in [0.3, 0.4) is 0 Å². The van der Waals surface area contributed by atoms with Crippen LogP contribution in [-0.4, -0.2) is 9.97 Å². The third kappa shape index (κ3) is 6.17. The van der Waals surface area contributed by atoms with Crippen LogP contribution >= 0.6 is 60.4 Å². The molecule has 0 bridgehead atoms. The van der Waals surface area contributed by atoms with Gasteiger partial charge in [0.05, 0.1) is 11.0 Å². The molecule has 198 valence electrons. The van der Waals surface area contributed by atoms with E-state index < -0.39 is 0 Å². The second-order valence-electron chi connectivity index (χ2n) is 9.38. The molecule has 0 spiro atoms. The van der Waals surface area contributed by atoms with Crippen molar-refractivity contribution >= 4 is 71.5 Å². The summed E-state index contributed by atoms with van der Waals surface area (Å²) < 4.78 is 12.7. The quantitative estimate of drug-likeness (QED) is 0.199. The summed E-state index contributed by atoms with van der Waals surface area (Å²) in [5, 5.41) is 1.18. The summed E-state index contributed by atoms with van der Waals surface area (Å²) in [4.78, 5) is 8.36. The van der Waals surface area contributed by atoms with Crippen LogP contribution in [0.25, 0.3) is 11.0 Å². The molecule has 0 aliphatic rings. The number of hydrogen-bond acceptors (Lipinski definition) is 3. The summed E-state index contributed by atoms with van der Waals surface area (Å²) in [5.41, 5.74) is 12.4. The Hall–Kier alpha value is -1.23. The van der Waals surface area contributed by atoms with E-state index in [9.17, 15) is 0 Å². The number of hydrogen-bond donors (Lipinski definition) is 1. The average molecular weight is 765 g/mol. The second kappa shape index (κ2) is 12.7. The highest BCUT2D eigenvalue weighted by atomic mass is 128. The number of imidazole rings is 1. The van der Waals surface area contributed by atoms with Crippen LogP contribution in [-0.2, 0) is 13.2 Å². The van der Waals surface area contributed by atoms with Gasteiger partial charge in [0.15, 0.2) is 11.5 Å². The third-order valence-corrected chi connectivity index (χ3v) is 8.07. The Morgan fingerprint density at radius 2 is 1.22 bits per heavy atom. The number of H-pyrrole nitrogens is 1. The fraction of sp³-hybridized carbons (Fsp3) is 0.345. The summed E-state index contributed by atoms with van der Waals surface area (Å²) in [6.45, 7) is 17.6. The van der Waals surface area contributed by atoms with Crippen molar-refractivity contribution < 1.29 is 9.47 Å². The van der Waals surface area contributed by atoms with Gasteiger partial charge in [-0.25, -0.2) is 4.98 Å².